The van der Waals surface area contributed by atoms with Crippen LogP contribution in [0.2, 0.25) is 10.0 Å². The summed E-state index contributed by atoms with van der Waals surface area (Å²) in [6.45, 7) is 1.02. The van der Waals surface area contributed by atoms with Crippen LogP contribution in [0.15, 0.2) is 48.5 Å². The quantitative estimate of drug-likeness (QED) is 0.794. The van der Waals surface area contributed by atoms with E-state index in [0.717, 1.165) is 11.1 Å². The summed E-state index contributed by atoms with van der Waals surface area (Å²) >= 11 is 12.0. The predicted octanol–water partition coefficient (Wildman–Crippen LogP) is 3.07. The first-order chi connectivity index (χ1) is 11.1. The number of rotatable bonds is 4. The Morgan fingerprint density at radius 2 is 1.87 bits per heavy atom. The lowest BCUT2D eigenvalue weighted by atomic mass is 9.94. The number of hydrogen-bond acceptors (Lipinski definition) is 3. The topological polar surface area (TPSA) is 53.2 Å². The Morgan fingerprint density at radius 1 is 1.13 bits per heavy atom. The molecule has 0 spiro atoms. The van der Waals surface area contributed by atoms with E-state index >= 15 is 0 Å². The highest BCUT2D eigenvalue weighted by atomic mass is 35.5. The Hall–Kier alpha value is -1.59. The number of amides is 1. The SMILES string of the molecule is O=C(NCc1cccc(Cl)c1)C1CNNC1c1cccc(Cl)c1. The van der Waals surface area contributed by atoms with E-state index in [1.807, 2.05) is 48.5 Å². The first-order valence-electron chi connectivity index (χ1n) is 7.39. The van der Waals surface area contributed by atoms with Crippen molar-refractivity contribution in [2.24, 2.45) is 5.92 Å². The first kappa shape index (κ1) is 16.3. The van der Waals surface area contributed by atoms with Gasteiger partial charge in [0.05, 0.1) is 12.0 Å². The lowest BCUT2D eigenvalue weighted by Crippen LogP contribution is -2.34. The summed E-state index contributed by atoms with van der Waals surface area (Å²) in [5.41, 5.74) is 8.17. The maximum Gasteiger partial charge on any atom is 0.226 e. The highest BCUT2D eigenvalue weighted by Gasteiger charge is 2.33. The molecular weight excluding hydrogens is 333 g/mol. The molecule has 1 amide bonds. The zero-order chi connectivity index (χ0) is 16.2. The summed E-state index contributed by atoms with van der Waals surface area (Å²) in [4.78, 5) is 12.5. The average molecular weight is 350 g/mol. The van der Waals surface area contributed by atoms with Gasteiger partial charge in [0, 0.05) is 23.1 Å². The van der Waals surface area contributed by atoms with Crippen molar-refractivity contribution in [3.05, 3.63) is 69.7 Å². The third-order valence-electron chi connectivity index (χ3n) is 3.88. The fourth-order valence-electron chi connectivity index (χ4n) is 2.72. The van der Waals surface area contributed by atoms with E-state index in [1.54, 1.807) is 0 Å². The summed E-state index contributed by atoms with van der Waals surface area (Å²) in [6.07, 6.45) is 0. The maximum absolute atomic E-state index is 12.5. The molecule has 120 valence electrons. The fourth-order valence-corrected chi connectivity index (χ4v) is 3.14. The van der Waals surface area contributed by atoms with Crippen molar-refractivity contribution in [3.63, 3.8) is 0 Å². The largest absolute Gasteiger partial charge is 0.352 e. The summed E-state index contributed by atoms with van der Waals surface area (Å²) in [5, 5.41) is 4.30. The van der Waals surface area contributed by atoms with E-state index in [0.29, 0.717) is 23.1 Å². The third-order valence-corrected chi connectivity index (χ3v) is 4.35. The number of benzene rings is 2. The van der Waals surface area contributed by atoms with Gasteiger partial charge in [-0.15, -0.1) is 0 Å². The fraction of sp³-hybridized carbons (Fsp3) is 0.235. The highest BCUT2D eigenvalue weighted by Crippen LogP contribution is 2.27. The van der Waals surface area contributed by atoms with Crippen molar-refractivity contribution < 1.29 is 4.79 Å². The molecule has 6 heteroatoms. The molecule has 1 aliphatic rings. The van der Waals surface area contributed by atoms with Crippen molar-refractivity contribution in [3.8, 4) is 0 Å². The second-order valence-corrected chi connectivity index (χ2v) is 6.39. The summed E-state index contributed by atoms with van der Waals surface area (Å²) in [6, 6.07) is 14.9. The van der Waals surface area contributed by atoms with Crippen LogP contribution in [0.4, 0.5) is 0 Å². The molecule has 4 nitrogen and oxygen atoms in total. The molecule has 2 unspecified atom stereocenters. The lowest BCUT2D eigenvalue weighted by Gasteiger charge is -2.18. The van der Waals surface area contributed by atoms with Crippen LogP contribution in [0.3, 0.4) is 0 Å². The molecule has 23 heavy (non-hydrogen) atoms. The van der Waals surface area contributed by atoms with Crippen molar-refractivity contribution in [1.29, 1.82) is 0 Å². The van der Waals surface area contributed by atoms with Gasteiger partial charge in [-0.05, 0) is 35.4 Å². The molecule has 3 rings (SSSR count). The molecule has 1 saturated heterocycles. The van der Waals surface area contributed by atoms with E-state index in [4.69, 9.17) is 23.2 Å². The third kappa shape index (κ3) is 4.03. The van der Waals surface area contributed by atoms with Gasteiger partial charge < -0.3 is 5.32 Å². The van der Waals surface area contributed by atoms with Gasteiger partial charge in [-0.1, -0.05) is 47.5 Å². The van der Waals surface area contributed by atoms with Crippen LogP contribution in [0.5, 0.6) is 0 Å². The number of hydrazine groups is 1. The number of hydrogen-bond donors (Lipinski definition) is 3. The Morgan fingerprint density at radius 3 is 2.61 bits per heavy atom. The minimum atomic E-state index is -0.201. The Labute approximate surface area is 145 Å². The highest BCUT2D eigenvalue weighted by molar-refractivity contribution is 6.30. The van der Waals surface area contributed by atoms with Gasteiger partial charge in [0.25, 0.3) is 0 Å². The zero-order valence-electron chi connectivity index (χ0n) is 12.4. The molecule has 0 aliphatic carbocycles. The van der Waals surface area contributed by atoms with Gasteiger partial charge in [0.2, 0.25) is 5.91 Å². The van der Waals surface area contributed by atoms with Crippen LogP contribution in [0.25, 0.3) is 0 Å². The molecule has 1 heterocycles. The molecule has 0 aromatic heterocycles. The van der Waals surface area contributed by atoms with Crippen molar-refractivity contribution >= 4 is 29.1 Å². The summed E-state index contributed by atoms with van der Waals surface area (Å²) in [5.74, 6) is -0.208. The maximum atomic E-state index is 12.5. The second-order valence-electron chi connectivity index (χ2n) is 5.51. The van der Waals surface area contributed by atoms with Crippen molar-refractivity contribution in [2.75, 3.05) is 6.54 Å². The standard InChI is InChI=1S/C17H17Cl2N3O/c18-13-5-1-3-11(7-13)9-20-17(23)15-10-21-22-16(15)12-4-2-6-14(19)8-12/h1-8,15-16,21-22H,9-10H2,(H,20,23). The summed E-state index contributed by atoms with van der Waals surface area (Å²) < 4.78 is 0. The van der Waals surface area contributed by atoms with Crippen LogP contribution in [0, 0.1) is 5.92 Å². The van der Waals surface area contributed by atoms with Gasteiger partial charge >= 0.3 is 0 Å². The minimum absolute atomic E-state index is 0.00699. The molecule has 2 aromatic carbocycles. The molecule has 1 fully saturated rings. The van der Waals surface area contributed by atoms with E-state index in [9.17, 15) is 4.79 Å². The monoisotopic (exact) mass is 349 g/mol. The molecule has 0 bridgehead atoms. The van der Waals surface area contributed by atoms with Crippen molar-refractivity contribution in [2.45, 2.75) is 12.6 Å². The van der Waals surface area contributed by atoms with Crippen LogP contribution in [-0.4, -0.2) is 12.5 Å². The number of carbonyl (C=O) groups excluding carboxylic acids is 1. The molecule has 0 radical (unpaired) electrons. The lowest BCUT2D eigenvalue weighted by molar-refractivity contribution is -0.125. The zero-order valence-corrected chi connectivity index (χ0v) is 13.9. The Bertz CT molecular complexity index is 708. The van der Waals surface area contributed by atoms with E-state index in [2.05, 4.69) is 16.2 Å². The number of carbonyl (C=O) groups is 1. The molecule has 2 atom stereocenters. The molecule has 0 saturated carbocycles. The number of halogens is 2. The van der Waals surface area contributed by atoms with Gasteiger partial charge in [-0.3, -0.25) is 10.2 Å². The molecule has 1 aliphatic heterocycles. The Balaban J connectivity index is 1.66. The van der Waals surface area contributed by atoms with Crippen LogP contribution < -0.4 is 16.2 Å². The van der Waals surface area contributed by atoms with Gasteiger partial charge in [-0.2, -0.15) is 0 Å². The van der Waals surface area contributed by atoms with Crippen LogP contribution >= 0.6 is 23.2 Å². The smallest absolute Gasteiger partial charge is 0.226 e. The van der Waals surface area contributed by atoms with Gasteiger partial charge in [0.15, 0.2) is 0 Å². The first-order valence-corrected chi connectivity index (χ1v) is 8.15. The summed E-state index contributed by atoms with van der Waals surface area (Å²) in [7, 11) is 0. The second kappa shape index (κ2) is 7.32. The van der Waals surface area contributed by atoms with E-state index in [-0.39, 0.29) is 17.9 Å². The van der Waals surface area contributed by atoms with Crippen LogP contribution in [-0.2, 0) is 11.3 Å². The Kier molecular flexibility index (Phi) is 5.18. The normalized spacial score (nSPS) is 20.4. The molecule has 3 N–H and O–H groups in total. The van der Waals surface area contributed by atoms with Crippen molar-refractivity contribution in [1.82, 2.24) is 16.2 Å². The molecular formula is C17H17Cl2N3O. The van der Waals surface area contributed by atoms with E-state index < -0.39 is 0 Å². The van der Waals surface area contributed by atoms with Gasteiger partial charge in [-0.25, -0.2) is 5.43 Å². The van der Waals surface area contributed by atoms with E-state index in [1.165, 1.54) is 0 Å². The van der Waals surface area contributed by atoms with Gasteiger partial charge in [0.1, 0.15) is 0 Å². The average Bonchev–Trinajstić information content (AvgIpc) is 3.02. The van der Waals surface area contributed by atoms with Crippen LogP contribution in [0.1, 0.15) is 17.2 Å². The number of nitrogens with one attached hydrogen (secondary N) is 3. The minimum Gasteiger partial charge on any atom is -0.352 e. The molecule has 2 aromatic rings. The predicted molar refractivity (Wildman–Crippen MR) is 92.1 cm³/mol.